The van der Waals surface area contributed by atoms with E-state index in [9.17, 15) is 9.59 Å². The average molecular weight is 676 g/mol. The number of aryl methyl sites for hydroxylation is 1. The maximum atomic E-state index is 13.5. The van der Waals surface area contributed by atoms with Crippen molar-refractivity contribution in [1.82, 2.24) is 14.9 Å². The summed E-state index contributed by atoms with van der Waals surface area (Å²) in [5.74, 6) is -0.531. The zero-order valence-corrected chi connectivity index (χ0v) is 29.8. The van der Waals surface area contributed by atoms with E-state index in [4.69, 9.17) is 18.9 Å². The fourth-order valence-electron chi connectivity index (χ4n) is 5.43. The number of benzene rings is 1. The molecule has 1 fully saturated rings. The molecule has 0 aliphatic carbocycles. The molecule has 4 rings (SSSR count). The van der Waals surface area contributed by atoms with Crippen LogP contribution >= 0.6 is 0 Å². The van der Waals surface area contributed by atoms with Crippen molar-refractivity contribution in [3.8, 4) is 11.3 Å². The predicted octanol–water partition coefficient (Wildman–Crippen LogP) is 5.91. The molecule has 0 spiro atoms. The number of hydrogen-bond donors (Lipinski definition) is 1. The minimum Gasteiger partial charge on any atom is -0.460 e. The fraction of sp³-hybridized carbons (Fsp3) is 0.526. The summed E-state index contributed by atoms with van der Waals surface area (Å²) < 4.78 is 21.9. The third kappa shape index (κ3) is 13.5. The Balaban J connectivity index is 1.19. The molecule has 2 aromatic heterocycles. The molecule has 1 N–H and O–H groups in total. The van der Waals surface area contributed by atoms with E-state index in [1.165, 1.54) is 19.3 Å². The lowest BCUT2D eigenvalue weighted by molar-refractivity contribution is -0.156. The summed E-state index contributed by atoms with van der Waals surface area (Å²) >= 11 is 0. The minimum atomic E-state index is -0.485. The van der Waals surface area contributed by atoms with Gasteiger partial charge in [-0.15, -0.1) is 0 Å². The summed E-state index contributed by atoms with van der Waals surface area (Å²) in [7, 11) is 1.99. The van der Waals surface area contributed by atoms with Gasteiger partial charge in [-0.2, -0.15) is 0 Å². The molecule has 1 aliphatic heterocycles. The van der Waals surface area contributed by atoms with Crippen LogP contribution in [-0.4, -0.2) is 98.7 Å². The van der Waals surface area contributed by atoms with Crippen LogP contribution in [0.1, 0.15) is 68.2 Å². The number of amides is 1. The van der Waals surface area contributed by atoms with Gasteiger partial charge in [0, 0.05) is 43.6 Å². The van der Waals surface area contributed by atoms with Crippen molar-refractivity contribution in [2.75, 3.05) is 76.5 Å². The highest BCUT2D eigenvalue weighted by Gasteiger charge is 2.18. The molecule has 49 heavy (non-hydrogen) atoms. The van der Waals surface area contributed by atoms with E-state index in [1.807, 2.05) is 65.1 Å². The molecule has 3 heterocycles. The summed E-state index contributed by atoms with van der Waals surface area (Å²) in [4.78, 5) is 38.9. The lowest BCUT2D eigenvalue weighted by Crippen LogP contribution is -2.29. The Morgan fingerprint density at radius 1 is 0.898 bits per heavy atom. The van der Waals surface area contributed by atoms with Gasteiger partial charge in [0.15, 0.2) is 0 Å². The van der Waals surface area contributed by atoms with Crippen LogP contribution in [0.5, 0.6) is 0 Å². The number of hydrogen-bond acceptors (Lipinski definition) is 10. The Labute approximate surface area is 291 Å². The molecule has 11 nitrogen and oxygen atoms in total. The van der Waals surface area contributed by atoms with E-state index in [0.717, 1.165) is 41.3 Å². The van der Waals surface area contributed by atoms with Crippen molar-refractivity contribution in [2.24, 2.45) is 0 Å². The van der Waals surface area contributed by atoms with Crippen molar-refractivity contribution in [2.45, 2.75) is 65.5 Å². The van der Waals surface area contributed by atoms with E-state index < -0.39 is 5.60 Å². The van der Waals surface area contributed by atoms with Gasteiger partial charge in [0.25, 0.3) is 5.91 Å². The first kappa shape index (κ1) is 37.9. The zero-order valence-electron chi connectivity index (χ0n) is 29.8. The first-order valence-corrected chi connectivity index (χ1v) is 17.3. The second-order valence-electron chi connectivity index (χ2n) is 13.4. The molecule has 1 aliphatic rings. The number of likely N-dealkylation sites (N-methyl/N-ethyl adjacent to an activating group) is 1. The molecule has 1 aromatic carbocycles. The molecule has 1 saturated heterocycles. The Morgan fingerprint density at radius 3 is 2.33 bits per heavy atom. The van der Waals surface area contributed by atoms with Gasteiger partial charge in [0.2, 0.25) is 0 Å². The van der Waals surface area contributed by atoms with Crippen LogP contribution in [0, 0.1) is 6.92 Å². The van der Waals surface area contributed by atoms with E-state index in [2.05, 4.69) is 37.2 Å². The number of nitrogens with one attached hydrogen (secondary N) is 1. The standard InChI is InChI=1S/C38H53N5O6/c1-29-14-16-39-35(26-29)32-27-31(43-17-7-6-8-18-43)12-13-33(32)41-37(45)34-11-9-10-30(40-34)28-42(5)19-21-47-23-25-48-24-22-46-20-15-36(44)49-38(2,3)4/h9-14,16,26-27H,6-8,15,17-25,28H2,1-5H3,(H,41,45). The Bertz CT molecular complexity index is 1490. The fourth-order valence-corrected chi connectivity index (χ4v) is 5.43. The van der Waals surface area contributed by atoms with Crippen molar-refractivity contribution < 1.29 is 28.5 Å². The molecule has 0 radical (unpaired) electrons. The number of esters is 1. The number of aromatic nitrogens is 2. The molecule has 1 amide bonds. The van der Waals surface area contributed by atoms with Gasteiger partial charge in [0.05, 0.1) is 63.1 Å². The van der Waals surface area contributed by atoms with Crippen LogP contribution in [0.3, 0.4) is 0 Å². The topological polar surface area (TPSA) is 115 Å². The molecule has 3 aromatic rings. The lowest BCUT2D eigenvalue weighted by atomic mass is 10.0. The molecule has 0 saturated carbocycles. The largest absolute Gasteiger partial charge is 0.460 e. The van der Waals surface area contributed by atoms with Crippen LogP contribution < -0.4 is 10.2 Å². The van der Waals surface area contributed by atoms with Crippen LogP contribution in [0.15, 0.2) is 54.7 Å². The highest BCUT2D eigenvalue weighted by atomic mass is 16.6. The molecule has 0 bridgehead atoms. The smallest absolute Gasteiger partial charge is 0.308 e. The summed E-state index contributed by atoms with van der Waals surface area (Å²) in [6, 6.07) is 15.7. The zero-order chi connectivity index (χ0) is 35.1. The van der Waals surface area contributed by atoms with Crippen LogP contribution in [0.2, 0.25) is 0 Å². The predicted molar refractivity (Wildman–Crippen MR) is 192 cm³/mol. The number of nitrogens with zero attached hydrogens (tertiary/aromatic N) is 4. The van der Waals surface area contributed by atoms with Gasteiger partial charge in [-0.1, -0.05) is 6.07 Å². The van der Waals surface area contributed by atoms with E-state index in [0.29, 0.717) is 64.1 Å². The summed E-state index contributed by atoms with van der Waals surface area (Å²) in [5, 5.41) is 3.11. The molecule has 0 atom stereocenters. The molecule has 0 unspecified atom stereocenters. The number of rotatable bonds is 18. The lowest BCUT2D eigenvalue weighted by Gasteiger charge is -2.29. The Morgan fingerprint density at radius 2 is 1.61 bits per heavy atom. The van der Waals surface area contributed by atoms with Crippen molar-refractivity contribution in [1.29, 1.82) is 0 Å². The van der Waals surface area contributed by atoms with Gasteiger partial charge in [-0.05, 0) is 102 Å². The summed E-state index contributed by atoms with van der Waals surface area (Å²) in [5.41, 5.74) is 5.36. The first-order valence-electron chi connectivity index (χ1n) is 17.3. The van der Waals surface area contributed by atoms with Crippen LogP contribution in [-0.2, 0) is 30.3 Å². The molecular formula is C38H53N5O6. The number of anilines is 2. The SMILES string of the molecule is Cc1ccnc(-c2cc(N3CCCCC3)ccc2NC(=O)c2cccc(CN(C)CCOCCOCCOCCC(=O)OC(C)(C)C)n2)c1. The van der Waals surface area contributed by atoms with Crippen molar-refractivity contribution in [3.63, 3.8) is 0 Å². The van der Waals surface area contributed by atoms with E-state index in [1.54, 1.807) is 12.3 Å². The number of ether oxygens (including phenoxy) is 4. The number of carbonyl (C=O) groups excluding carboxylic acids is 2. The average Bonchev–Trinajstić information content (AvgIpc) is 3.07. The minimum absolute atomic E-state index is 0.224. The maximum absolute atomic E-state index is 13.5. The Kier molecular flexibility index (Phi) is 15.0. The van der Waals surface area contributed by atoms with E-state index >= 15 is 0 Å². The third-order valence-corrected chi connectivity index (χ3v) is 7.87. The van der Waals surface area contributed by atoms with Gasteiger partial charge in [0.1, 0.15) is 11.3 Å². The van der Waals surface area contributed by atoms with Crippen molar-refractivity contribution >= 4 is 23.3 Å². The summed E-state index contributed by atoms with van der Waals surface area (Å²) in [6.45, 7) is 13.5. The van der Waals surface area contributed by atoms with E-state index in [-0.39, 0.29) is 18.3 Å². The number of pyridine rings is 2. The van der Waals surface area contributed by atoms with Crippen molar-refractivity contribution in [3.05, 3.63) is 71.7 Å². The second kappa shape index (κ2) is 19.3. The van der Waals surface area contributed by atoms with Crippen LogP contribution in [0.25, 0.3) is 11.3 Å². The third-order valence-electron chi connectivity index (χ3n) is 7.87. The Hall–Kier alpha value is -3.90. The molecular weight excluding hydrogens is 622 g/mol. The van der Waals surface area contributed by atoms with Crippen LogP contribution in [0.4, 0.5) is 11.4 Å². The first-order chi connectivity index (χ1) is 23.6. The highest BCUT2D eigenvalue weighted by Crippen LogP contribution is 2.33. The number of piperidine rings is 1. The summed E-state index contributed by atoms with van der Waals surface area (Å²) in [6.07, 6.45) is 5.67. The maximum Gasteiger partial charge on any atom is 0.308 e. The second-order valence-corrected chi connectivity index (χ2v) is 13.4. The molecule has 11 heteroatoms. The monoisotopic (exact) mass is 675 g/mol. The van der Waals surface area contributed by atoms with Gasteiger partial charge < -0.3 is 29.2 Å². The number of carbonyl (C=O) groups is 2. The normalized spacial score (nSPS) is 13.5. The molecule has 266 valence electrons. The van der Waals surface area contributed by atoms with Gasteiger partial charge in [-0.25, -0.2) is 4.98 Å². The van der Waals surface area contributed by atoms with Gasteiger partial charge >= 0.3 is 5.97 Å². The van der Waals surface area contributed by atoms with Gasteiger partial charge in [-0.3, -0.25) is 19.5 Å². The highest BCUT2D eigenvalue weighted by molar-refractivity contribution is 6.05. The quantitative estimate of drug-likeness (QED) is 0.129.